The van der Waals surface area contributed by atoms with Crippen LogP contribution in [-0.4, -0.2) is 32.2 Å². The zero-order valence-corrected chi connectivity index (χ0v) is 16.0. The first-order chi connectivity index (χ1) is 11.3. The van der Waals surface area contributed by atoms with Crippen LogP contribution in [-0.2, 0) is 25.6 Å². The molecule has 0 aliphatic rings. The molecule has 2 amide bonds. The van der Waals surface area contributed by atoms with Gasteiger partial charge in [0.05, 0.1) is 30.0 Å². The summed E-state index contributed by atoms with van der Waals surface area (Å²) in [6.45, 7) is 10.2. The molecule has 24 heavy (non-hydrogen) atoms. The lowest BCUT2D eigenvalue weighted by atomic mass is 9.98. The van der Waals surface area contributed by atoms with Crippen molar-refractivity contribution in [2.75, 3.05) is 6.54 Å². The topological polar surface area (TPSA) is 63.1 Å². The van der Waals surface area contributed by atoms with E-state index in [-0.39, 0.29) is 11.4 Å². The van der Waals surface area contributed by atoms with Crippen LogP contribution >= 0.6 is 11.3 Å². The van der Waals surface area contributed by atoms with Gasteiger partial charge in [-0.1, -0.05) is 27.7 Å². The summed E-state index contributed by atoms with van der Waals surface area (Å²) in [5.41, 5.74) is 1.99. The third kappa shape index (κ3) is 5.06. The zero-order chi connectivity index (χ0) is 17.7. The third-order valence-electron chi connectivity index (χ3n) is 3.53. The van der Waals surface area contributed by atoms with Crippen LogP contribution in [0.3, 0.4) is 0 Å². The van der Waals surface area contributed by atoms with E-state index in [1.165, 1.54) is 0 Å². The van der Waals surface area contributed by atoms with Crippen molar-refractivity contribution in [1.29, 1.82) is 0 Å². The number of carbonyl (C=O) groups is 1. The summed E-state index contributed by atoms with van der Waals surface area (Å²) >= 11 is 1.65. The summed E-state index contributed by atoms with van der Waals surface area (Å²) in [7, 11) is 1.88. The van der Waals surface area contributed by atoms with Crippen molar-refractivity contribution in [3.8, 4) is 0 Å². The predicted octanol–water partition coefficient (Wildman–Crippen LogP) is 3.30. The van der Waals surface area contributed by atoms with Crippen LogP contribution in [0.5, 0.6) is 0 Å². The number of amides is 2. The van der Waals surface area contributed by atoms with Gasteiger partial charge in [-0.2, -0.15) is 5.10 Å². The maximum atomic E-state index is 12.5. The molecule has 0 atom stereocenters. The monoisotopic (exact) mass is 349 g/mol. The fourth-order valence-corrected chi connectivity index (χ4v) is 3.21. The minimum absolute atomic E-state index is 0.0431. The van der Waals surface area contributed by atoms with E-state index >= 15 is 0 Å². The van der Waals surface area contributed by atoms with Crippen molar-refractivity contribution in [3.63, 3.8) is 0 Å². The largest absolute Gasteiger partial charge is 0.332 e. The third-order valence-corrected chi connectivity index (χ3v) is 4.84. The SMILES string of the molecule is CCCN(Cc1cnn(C)c1)C(=O)NCc1csc(C(C)(C)C)n1. The highest BCUT2D eigenvalue weighted by molar-refractivity contribution is 7.09. The Morgan fingerprint density at radius 3 is 2.71 bits per heavy atom. The van der Waals surface area contributed by atoms with Gasteiger partial charge in [0.25, 0.3) is 0 Å². The second-order valence-corrected chi connectivity index (χ2v) is 7.85. The summed E-state index contributed by atoms with van der Waals surface area (Å²) in [4.78, 5) is 18.9. The molecule has 1 N–H and O–H groups in total. The van der Waals surface area contributed by atoms with Crippen LogP contribution in [0.1, 0.15) is 50.4 Å². The van der Waals surface area contributed by atoms with Crippen molar-refractivity contribution >= 4 is 17.4 Å². The quantitative estimate of drug-likeness (QED) is 0.870. The molecule has 132 valence electrons. The first kappa shape index (κ1) is 18.4. The molecule has 2 aromatic rings. The molecule has 7 heteroatoms. The van der Waals surface area contributed by atoms with Crippen LogP contribution in [0.15, 0.2) is 17.8 Å². The summed E-state index contributed by atoms with van der Waals surface area (Å²) in [6.07, 6.45) is 4.65. The van der Waals surface area contributed by atoms with Gasteiger partial charge in [0.15, 0.2) is 0 Å². The number of rotatable bonds is 6. The fraction of sp³-hybridized carbons (Fsp3) is 0.588. The number of hydrogen-bond donors (Lipinski definition) is 1. The van der Waals surface area contributed by atoms with E-state index in [1.54, 1.807) is 22.2 Å². The van der Waals surface area contributed by atoms with Gasteiger partial charge in [0, 0.05) is 36.1 Å². The van der Waals surface area contributed by atoms with E-state index in [0.29, 0.717) is 19.6 Å². The summed E-state index contributed by atoms with van der Waals surface area (Å²) in [6, 6.07) is -0.0639. The molecule has 0 fully saturated rings. The summed E-state index contributed by atoms with van der Waals surface area (Å²) in [5.74, 6) is 0. The highest BCUT2D eigenvalue weighted by Gasteiger charge is 2.19. The molecular formula is C17H27N5OS. The molecule has 0 aliphatic heterocycles. The van der Waals surface area contributed by atoms with E-state index in [9.17, 15) is 4.79 Å². The van der Waals surface area contributed by atoms with E-state index in [2.05, 4.69) is 43.1 Å². The minimum atomic E-state index is -0.0639. The normalized spacial score (nSPS) is 11.5. The smallest absolute Gasteiger partial charge is 0.318 e. The summed E-state index contributed by atoms with van der Waals surface area (Å²) in [5, 5.41) is 10.2. The Kier molecular flexibility index (Phi) is 5.99. The number of aromatic nitrogens is 3. The zero-order valence-electron chi connectivity index (χ0n) is 15.2. The maximum Gasteiger partial charge on any atom is 0.318 e. The molecule has 2 rings (SSSR count). The van der Waals surface area contributed by atoms with Crippen LogP contribution in [0.25, 0.3) is 0 Å². The molecule has 0 saturated heterocycles. The van der Waals surface area contributed by atoms with E-state index in [4.69, 9.17) is 0 Å². The van der Waals surface area contributed by atoms with Crippen LogP contribution in [0, 0.1) is 0 Å². The molecule has 0 aromatic carbocycles. The van der Waals surface area contributed by atoms with Gasteiger partial charge in [-0.25, -0.2) is 9.78 Å². The lowest BCUT2D eigenvalue weighted by molar-refractivity contribution is 0.194. The van der Waals surface area contributed by atoms with Crippen LogP contribution < -0.4 is 5.32 Å². The Bertz CT molecular complexity index is 671. The standard InChI is InChI=1S/C17H27N5OS/c1-6-7-22(11-13-8-19-21(5)10-13)16(23)18-9-14-12-24-15(20-14)17(2,3)4/h8,10,12H,6-7,9,11H2,1-5H3,(H,18,23). The lowest BCUT2D eigenvalue weighted by Crippen LogP contribution is -2.39. The van der Waals surface area contributed by atoms with Gasteiger partial charge in [0.2, 0.25) is 0 Å². The van der Waals surface area contributed by atoms with Crippen molar-refractivity contribution in [2.45, 2.75) is 52.6 Å². The average molecular weight is 350 g/mol. The van der Waals surface area contributed by atoms with Gasteiger partial charge in [0.1, 0.15) is 0 Å². The molecule has 0 unspecified atom stereocenters. The number of urea groups is 1. The highest BCUT2D eigenvalue weighted by atomic mass is 32.1. The number of hydrogen-bond acceptors (Lipinski definition) is 4. The second-order valence-electron chi connectivity index (χ2n) is 7.00. The highest BCUT2D eigenvalue weighted by Crippen LogP contribution is 2.25. The van der Waals surface area contributed by atoms with Gasteiger partial charge < -0.3 is 10.2 Å². The summed E-state index contributed by atoms with van der Waals surface area (Å²) < 4.78 is 1.75. The number of carbonyl (C=O) groups excluding carboxylic acids is 1. The van der Waals surface area contributed by atoms with Gasteiger partial charge >= 0.3 is 6.03 Å². The Balaban J connectivity index is 1.94. The molecule has 0 saturated carbocycles. The van der Waals surface area contributed by atoms with E-state index < -0.39 is 0 Å². The first-order valence-electron chi connectivity index (χ1n) is 8.24. The van der Waals surface area contributed by atoms with Gasteiger partial charge in [-0.15, -0.1) is 11.3 Å². The molecule has 2 aromatic heterocycles. The number of nitrogens with zero attached hydrogens (tertiary/aromatic N) is 4. The Morgan fingerprint density at radius 1 is 1.42 bits per heavy atom. The molecule has 0 aliphatic carbocycles. The predicted molar refractivity (Wildman–Crippen MR) is 97.0 cm³/mol. The van der Waals surface area contributed by atoms with Crippen LogP contribution in [0.4, 0.5) is 4.79 Å². The average Bonchev–Trinajstić information content (AvgIpc) is 3.13. The van der Waals surface area contributed by atoms with Crippen molar-refractivity contribution < 1.29 is 4.79 Å². The van der Waals surface area contributed by atoms with Crippen molar-refractivity contribution in [1.82, 2.24) is 25.0 Å². The Labute approximate surface area is 147 Å². The van der Waals surface area contributed by atoms with Gasteiger partial charge in [-0.3, -0.25) is 4.68 Å². The first-order valence-corrected chi connectivity index (χ1v) is 9.12. The van der Waals surface area contributed by atoms with Crippen molar-refractivity contribution in [2.24, 2.45) is 7.05 Å². The van der Waals surface area contributed by atoms with Crippen molar-refractivity contribution in [3.05, 3.63) is 34.0 Å². The maximum absolute atomic E-state index is 12.5. The number of aryl methyl sites for hydroxylation is 1. The Hall–Kier alpha value is -1.89. The van der Waals surface area contributed by atoms with Crippen LogP contribution in [0.2, 0.25) is 0 Å². The number of thiazole rings is 1. The molecule has 0 spiro atoms. The van der Waals surface area contributed by atoms with E-state index in [1.807, 2.05) is 23.5 Å². The molecular weight excluding hydrogens is 322 g/mol. The lowest BCUT2D eigenvalue weighted by Gasteiger charge is -2.21. The van der Waals surface area contributed by atoms with Gasteiger partial charge in [-0.05, 0) is 6.42 Å². The molecule has 0 radical (unpaired) electrons. The molecule has 6 nitrogen and oxygen atoms in total. The molecule has 0 bridgehead atoms. The molecule has 2 heterocycles. The number of nitrogens with one attached hydrogen (secondary N) is 1. The minimum Gasteiger partial charge on any atom is -0.332 e. The van der Waals surface area contributed by atoms with E-state index in [0.717, 1.165) is 22.7 Å². The fourth-order valence-electron chi connectivity index (χ4n) is 2.31. The Morgan fingerprint density at radius 2 is 2.17 bits per heavy atom. The second kappa shape index (κ2) is 7.79.